The quantitative estimate of drug-likeness (QED) is 0.787. The first kappa shape index (κ1) is 18.8. The van der Waals surface area contributed by atoms with Gasteiger partial charge in [-0.3, -0.25) is 4.79 Å². The van der Waals surface area contributed by atoms with Crippen LogP contribution in [0.5, 0.6) is 11.5 Å². The molecule has 0 aliphatic carbocycles. The van der Waals surface area contributed by atoms with Crippen LogP contribution in [0.3, 0.4) is 0 Å². The highest BCUT2D eigenvalue weighted by molar-refractivity contribution is 5.85. The number of ether oxygens (including phenoxy) is 3. The van der Waals surface area contributed by atoms with Crippen LogP contribution in [0.1, 0.15) is 24.4 Å². The minimum atomic E-state index is 0. The van der Waals surface area contributed by atoms with Crippen molar-refractivity contribution in [3.05, 3.63) is 23.8 Å². The lowest BCUT2D eigenvalue weighted by Gasteiger charge is -2.29. The van der Waals surface area contributed by atoms with Crippen LogP contribution in [0.4, 0.5) is 0 Å². The van der Waals surface area contributed by atoms with Crippen molar-refractivity contribution in [1.29, 1.82) is 0 Å². The van der Waals surface area contributed by atoms with Crippen LogP contribution in [-0.2, 0) is 9.53 Å². The number of hydrogen-bond donors (Lipinski definition) is 1. The fraction of sp³-hybridized carbons (Fsp3) is 0.588. The summed E-state index contributed by atoms with van der Waals surface area (Å²) < 4.78 is 16.5. The molecule has 2 aliphatic rings. The molecule has 2 heterocycles. The largest absolute Gasteiger partial charge is 0.486 e. The predicted octanol–water partition coefficient (Wildman–Crippen LogP) is 1.78. The van der Waals surface area contributed by atoms with Crippen molar-refractivity contribution in [2.24, 2.45) is 0 Å². The molecule has 1 N–H and O–H groups in total. The van der Waals surface area contributed by atoms with E-state index in [9.17, 15) is 4.79 Å². The normalized spacial score (nSPS) is 19.0. The maximum absolute atomic E-state index is 12.5. The summed E-state index contributed by atoms with van der Waals surface area (Å²) in [5, 5.41) is 3.13. The Bertz CT molecular complexity index is 555. The van der Waals surface area contributed by atoms with Crippen LogP contribution in [-0.4, -0.2) is 57.4 Å². The van der Waals surface area contributed by atoms with Gasteiger partial charge in [0.05, 0.1) is 19.2 Å². The molecule has 1 amide bonds. The van der Waals surface area contributed by atoms with Gasteiger partial charge in [0.15, 0.2) is 11.5 Å². The molecule has 2 aliphatic heterocycles. The molecule has 1 atom stereocenters. The molecule has 24 heavy (non-hydrogen) atoms. The fourth-order valence-electron chi connectivity index (χ4n) is 3.22. The number of carbonyl (C=O) groups is 1. The summed E-state index contributed by atoms with van der Waals surface area (Å²) in [5.41, 5.74) is 1.06. The summed E-state index contributed by atoms with van der Waals surface area (Å²) in [6, 6.07) is 6.01. The lowest BCUT2D eigenvalue weighted by molar-refractivity contribution is -0.131. The first-order valence-electron chi connectivity index (χ1n) is 8.19. The molecular weight excluding hydrogens is 332 g/mol. The van der Waals surface area contributed by atoms with Crippen molar-refractivity contribution in [3.63, 3.8) is 0 Å². The molecule has 1 fully saturated rings. The maximum atomic E-state index is 12.5. The van der Waals surface area contributed by atoms with E-state index < -0.39 is 0 Å². The molecule has 0 aromatic heterocycles. The molecular formula is C17H25ClN2O4. The minimum absolute atomic E-state index is 0. The number of methoxy groups -OCH3 is 1. The van der Waals surface area contributed by atoms with E-state index in [1.807, 2.05) is 23.1 Å². The summed E-state index contributed by atoms with van der Waals surface area (Å²) in [5.74, 6) is 1.71. The third-order valence-electron chi connectivity index (χ3n) is 4.29. The molecule has 0 spiro atoms. The number of benzene rings is 1. The standard InChI is InChI=1S/C17H24N2O4.ClH/c1-21-9-7-18-12-16(20)19-8-3-5-14(19)13-4-2-6-15-17(13)23-11-10-22-15;/h2,4,6,14,18H,3,5,7-12H2,1H3;1H. The Kier molecular flexibility index (Phi) is 7.15. The molecule has 0 radical (unpaired) electrons. The zero-order valence-electron chi connectivity index (χ0n) is 14.0. The summed E-state index contributed by atoms with van der Waals surface area (Å²) in [7, 11) is 1.65. The average Bonchev–Trinajstić information content (AvgIpc) is 3.07. The lowest BCUT2D eigenvalue weighted by Crippen LogP contribution is -2.38. The Morgan fingerprint density at radius 3 is 3.04 bits per heavy atom. The number of halogens is 1. The molecule has 7 heteroatoms. The van der Waals surface area contributed by atoms with Gasteiger partial charge < -0.3 is 24.4 Å². The molecule has 1 aromatic rings. The smallest absolute Gasteiger partial charge is 0.237 e. The first-order valence-corrected chi connectivity index (χ1v) is 8.19. The van der Waals surface area contributed by atoms with E-state index in [2.05, 4.69) is 5.32 Å². The highest BCUT2D eigenvalue weighted by Crippen LogP contribution is 2.42. The number of rotatable bonds is 6. The summed E-state index contributed by atoms with van der Waals surface area (Å²) in [4.78, 5) is 14.5. The van der Waals surface area contributed by atoms with Crippen LogP contribution in [0.2, 0.25) is 0 Å². The monoisotopic (exact) mass is 356 g/mol. The van der Waals surface area contributed by atoms with Gasteiger partial charge in [0.25, 0.3) is 0 Å². The number of para-hydroxylation sites is 1. The van der Waals surface area contributed by atoms with Crippen LogP contribution < -0.4 is 14.8 Å². The van der Waals surface area contributed by atoms with Crippen LogP contribution in [0.25, 0.3) is 0 Å². The SMILES string of the molecule is COCCNCC(=O)N1CCCC1c1cccc2c1OCCO2.Cl. The zero-order chi connectivity index (χ0) is 16.1. The van der Waals surface area contributed by atoms with Crippen LogP contribution in [0, 0.1) is 0 Å². The molecule has 0 saturated carbocycles. The van der Waals surface area contributed by atoms with E-state index in [0.717, 1.165) is 36.4 Å². The molecule has 0 bridgehead atoms. The Morgan fingerprint density at radius 1 is 1.38 bits per heavy atom. The first-order chi connectivity index (χ1) is 11.3. The van der Waals surface area contributed by atoms with Gasteiger partial charge in [-0.1, -0.05) is 12.1 Å². The Morgan fingerprint density at radius 2 is 2.21 bits per heavy atom. The van der Waals surface area contributed by atoms with E-state index in [1.165, 1.54) is 0 Å². The number of nitrogens with one attached hydrogen (secondary N) is 1. The molecule has 1 saturated heterocycles. The Labute approximate surface area is 148 Å². The second-order valence-corrected chi connectivity index (χ2v) is 5.79. The van der Waals surface area contributed by atoms with Gasteiger partial charge in [-0.15, -0.1) is 12.4 Å². The topological polar surface area (TPSA) is 60.0 Å². The van der Waals surface area contributed by atoms with Crippen molar-refractivity contribution in [2.45, 2.75) is 18.9 Å². The van der Waals surface area contributed by atoms with Gasteiger partial charge in [-0.2, -0.15) is 0 Å². The van der Waals surface area contributed by atoms with E-state index in [-0.39, 0.29) is 24.4 Å². The fourth-order valence-corrected chi connectivity index (χ4v) is 3.22. The highest BCUT2D eigenvalue weighted by atomic mass is 35.5. The van der Waals surface area contributed by atoms with Gasteiger partial charge >= 0.3 is 0 Å². The van der Waals surface area contributed by atoms with Crippen molar-refractivity contribution in [1.82, 2.24) is 10.2 Å². The third kappa shape index (κ3) is 4.12. The predicted molar refractivity (Wildman–Crippen MR) is 93.1 cm³/mol. The second kappa shape index (κ2) is 9.11. The summed E-state index contributed by atoms with van der Waals surface area (Å²) >= 11 is 0. The molecule has 3 rings (SSSR count). The van der Waals surface area contributed by atoms with Crippen LogP contribution >= 0.6 is 12.4 Å². The molecule has 6 nitrogen and oxygen atoms in total. The third-order valence-corrected chi connectivity index (χ3v) is 4.29. The Balaban J connectivity index is 0.00000208. The summed E-state index contributed by atoms with van der Waals surface area (Å²) in [6.07, 6.45) is 1.97. The minimum Gasteiger partial charge on any atom is -0.486 e. The van der Waals surface area contributed by atoms with Crippen molar-refractivity contribution < 1.29 is 19.0 Å². The van der Waals surface area contributed by atoms with Crippen LogP contribution in [0.15, 0.2) is 18.2 Å². The van der Waals surface area contributed by atoms with Crippen molar-refractivity contribution in [2.75, 3.05) is 46.6 Å². The van der Waals surface area contributed by atoms with Gasteiger partial charge in [-0.05, 0) is 18.9 Å². The van der Waals surface area contributed by atoms with E-state index in [0.29, 0.717) is 32.9 Å². The number of amides is 1. The number of nitrogens with zero attached hydrogens (tertiary/aromatic N) is 1. The number of carbonyl (C=O) groups excluding carboxylic acids is 1. The molecule has 134 valence electrons. The molecule has 1 aromatic carbocycles. The number of likely N-dealkylation sites (tertiary alicyclic amines) is 1. The van der Waals surface area contributed by atoms with E-state index in [4.69, 9.17) is 14.2 Å². The van der Waals surface area contributed by atoms with E-state index in [1.54, 1.807) is 7.11 Å². The Hall–Kier alpha value is -1.50. The lowest BCUT2D eigenvalue weighted by atomic mass is 10.0. The zero-order valence-corrected chi connectivity index (χ0v) is 14.8. The van der Waals surface area contributed by atoms with Gasteiger partial charge in [-0.25, -0.2) is 0 Å². The van der Waals surface area contributed by atoms with Gasteiger partial charge in [0, 0.05) is 25.8 Å². The summed E-state index contributed by atoms with van der Waals surface area (Å²) in [6.45, 7) is 3.55. The van der Waals surface area contributed by atoms with Gasteiger partial charge in [0.1, 0.15) is 13.2 Å². The maximum Gasteiger partial charge on any atom is 0.237 e. The van der Waals surface area contributed by atoms with Gasteiger partial charge in [0.2, 0.25) is 5.91 Å². The van der Waals surface area contributed by atoms with Crippen molar-refractivity contribution in [3.8, 4) is 11.5 Å². The molecule has 1 unspecified atom stereocenters. The van der Waals surface area contributed by atoms with Crippen molar-refractivity contribution >= 4 is 18.3 Å². The number of hydrogen-bond acceptors (Lipinski definition) is 5. The number of fused-ring (bicyclic) bond motifs is 1. The van der Waals surface area contributed by atoms with E-state index >= 15 is 0 Å². The average molecular weight is 357 g/mol. The highest BCUT2D eigenvalue weighted by Gasteiger charge is 2.33. The second-order valence-electron chi connectivity index (χ2n) is 5.79.